The molecule has 102 valence electrons. The fraction of sp³-hybridized carbons (Fsp3) is 0.600. The minimum Gasteiger partial charge on any atom is -0.330 e. The second-order valence-corrected chi connectivity index (χ2v) is 5.54. The molecule has 0 fully saturated rings. The molecule has 0 heterocycles. The van der Waals surface area contributed by atoms with Crippen molar-refractivity contribution in [3.8, 4) is 0 Å². The van der Waals surface area contributed by atoms with Gasteiger partial charge in [0.1, 0.15) is 0 Å². The molecule has 0 bridgehead atoms. The molecule has 1 atom stereocenters. The van der Waals surface area contributed by atoms with Crippen LogP contribution in [0.2, 0.25) is 5.02 Å². The lowest BCUT2D eigenvalue weighted by atomic mass is 9.85. The first-order chi connectivity index (χ1) is 8.53. The van der Waals surface area contributed by atoms with E-state index in [1.165, 1.54) is 16.7 Å². The summed E-state index contributed by atoms with van der Waals surface area (Å²) in [5, 5.41) is 0.873. The summed E-state index contributed by atoms with van der Waals surface area (Å²) in [5.41, 5.74) is 15.3. The van der Waals surface area contributed by atoms with Gasteiger partial charge in [0.05, 0.1) is 0 Å². The summed E-state index contributed by atoms with van der Waals surface area (Å²) in [5.74, 6) is 0.835. The van der Waals surface area contributed by atoms with Gasteiger partial charge in [0.2, 0.25) is 0 Å². The lowest BCUT2D eigenvalue weighted by Gasteiger charge is -2.22. The molecule has 1 aromatic rings. The van der Waals surface area contributed by atoms with Crippen molar-refractivity contribution >= 4 is 11.6 Å². The quantitative estimate of drug-likeness (QED) is 0.831. The number of hydrogen-bond acceptors (Lipinski definition) is 2. The van der Waals surface area contributed by atoms with Crippen LogP contribution in [0.3, 0.4) is 0 Å². The predicted molar refractivity (Wildman–Crippen MR) is 80.2 cm³/mol. The van der Waals surface area contributed by atoms with E-state index in [2.05, 4.69) is 32.9 Å². The zero-order chi connectivity index (χ0) is 13.7. The van der Waals surface area contributed by atoms with Gasteiger partial charge in [0.15, 0.2) is 0 Å². The van der Waals surface area contributed by atoms with Crippen LogP contribution in [-0.2, 0) is 0 Å². The number of nitrogens with two attached hydrogens (primary N) is 2. The molecule has 0 aliphatic rings. The van der Waals surface area contributed by atoms with Crippen molar-refractivity contribution in [1.29, 1.82) is 0 Å². The first-order valence-corrected chi connectivity index (χ1v) is 7.08. The minimum atomic E-state index is 0.382. The zero-order valence-corrected chi connectivity index (χ0v) is 12.4. The maximum absolute atomic E-state index is 6.38. The van der Waals surface area contributed by atoms with Gasteiger partial charge in [-0.05, 0) is 74.4 Å². The molecule has 0 saturated heterocycles. The molecule has 2 nitrogen and oxygen atoms in total. The van der Waals surface area contributed by atoms with E-state index in [1.807, 2.05) is 0 Å². The summed E-state index contributed by atoms with van der Waals surface area (Å²) in [7, 11) is 0. The number of rotatable bonds is 6. The van der Waals surface area contributed by atoms with E-state index in [0.29, 0.717) is 24.9 Å². The van der Waals surface area contributed by atoms with Crippen molar-refractivity contribution in [1.82, 2.24) is 0 Å². The summed E-state index contributed by atoms with van der Waals surface area (Å²) in [6, 6.07) is 4.28. The highest BCUT2D eigenvalue weighted by atomic mass is 35.5. The predicted octanol–water partition coefficient (Wildman–Crippen LogP) is 3.37. The Kier molecular flexibility index (Phi) is 6.13. The van der Waals surface area contributed by atoms with E-state index in [1.54, 1.807) is 0 Å². The Morgan fingerprint density at radius 1 is 1.11 bits per heavy atom. The lowest BCUT2D eigenvalue weighted by molar-refractivity contribution is 0.442. The van der Waals surface area contributed by atoms with Crippen molar-refractivity contribution in [2.45, 2.75) is 39.5 Å². The molecule has 1 rings (SSSR count). The zero-order valence-electron chi connectivity index (χ0n) is 11.7. The van der Waals surface area contributed by atoms with Gasteiger partial charge in [0.25, 0.3) is 0 Å². The van der Waals surface area contributed by atoms with Crippen LogP contribution in [0.4, 0.5) is 0 Å². The topological polar surface area (TPSA) is 52.0 Å². The second-order valence-electron chi connectivity index (χ2n) is 5.14. The third-order valence-corrected chi connectivity index (χ3v) is 4.16. The molecule has 18 heavy (non-hydrogen) atoms. The Hall–Kier alpha value is -0.570. The summed E-state index contributed by atoms with van der Waals surface area (Å²) >= 11 is 6.38. The smallest absolute Gasteiger partial charge is 0.0443 e. The molecule has 4 N–H and O–H groups in total. The minimum absolute atomic E-state index is 0.382. The van der Waals surface area contributed by atoms with Crippen LogP contribution >= 0.6 is 11.6 Å². The molecule has 0 aliphatic heterocycles. The summed E-state index contributed by atoms with van der Waals surface area (Å²) < 4.78 is 0. The maximum atomic E-state index is 6.38. The average Bonchev–Trinajstić information content (AvgIpc) is 2.36. The lowest BCUT2D eigenvalue weighted by Crippen LogP contribution is -2.25. The number of benzene rings is 1. The molecule has 1 unspecified atom stereocenters. The van der Waals surface area contributed by atoms with Crippen molar-refractivity contribution in [3.63, 3.8) is 0 Å². The van der Waals surface area contributed by atoms with Gasteiger partial charge in [-0.3, -0.25) is 0 Å². The van der Waals surface area contributed by atoms with Crippen LogP contribution < -0.4 is 11.5 Å². The number of hydrogen-bond donors (Lipinski definition) is 2. The first-order valence-electron chi connectivity index (χ1n) is 6.70. The van der Waals surface area contributed by atoms with Gasteiger partial charge >= 0.3 is 0 Å². The highest BCUT2D eigenvalue weighted by Crippen LogP contribution is 2.33. The second kappa shape index (κ2) is 7.13. The fourth-order valence-electron chi connectivity index (χ4n) is 2.32. The molecule has 0 spiro atoms. The van der Waals surface area contributed by atoms with Crippen molar-refractivity contribution < 1.29 is 0 Å². The van der Waals surface area contributed by atoms with Crippen LogP contribution in [0.1, 0.15) is 42.4 Å². The van der Waals surface area contributed by atoms with E-state index in [0.717, 1.165) is 17.9 Å². The fourth-order valence-corrected chi connectivity index (χ4v) is 2.69. The molecule has 1 aromatic carbocycles. The van der Waals surface area contributed by atoms with Crippen LogP contribution in [0.5, 0.6) is 0 Å². The highest BCUT2D eigenvalue weighted by molar-refractivity contribution is 6.31. The number of aryl methyl sites for hydroxylation is 2. The van der Waals surface area contributed by atoms with Crippen LogP contribution in [0.25, 0.3) is 0 Å². The van der Waals surface area contributed by atoms with Crippen LogP contribution in [0.15, 0.2) is 12.1 Å². The monoisotopic (exact) mass is 268 g/mol. The van der Waals surface area contributed by atoms with Gasteiger partial charge in [0, 0.05) is 5.02 Å². The molecule has 0 aromatic heterocycles. The van der Waals surface area contributed by atoms with Gasteiger partial charge in [-0.25, -0.2) is 0 Å². The molecular weight excluding hydrogens is 244 g/mol. The van der Waals surface area contributed by atoms with Gasteiger partial charge in [-0.2, -0.15) is 0 Å². The molecular formula is C15H25ClN2. The van der Waals surface area contributed by atoms with Crippen LogP contribution in [-0.4, -0.2) is 13.1 Å². The van der Waals surface area contributed by atoms with Crippen molar-refractivity contribution in [2.24, 2.45) is 17.4 Å². The Morgan fingerprint density at radius 2 is 1.67 bits per heavy atom. The molecule has 0 saturated carbocycles. The third-order valence-electron chi connectivity index (χ3n) is 3.83. The Balaban J connectivity index is 2.98. The Labute approximate surface area is 116 Å². The molecule has 0 radical (unpaired) electrons. The van der Waals surface area contributed by atoms with Crippen molar-refractivity contribution in [3.05, 3.63) is 33.8 Å². The molecule has 0 aliphatic carbocycles. The SMILES string of the molecule is CCC(CC(CN)CN)c1cc(C)c(C)cc1Cl. The third kappa shape index (κ3) is 3.71. The van der Waals surface area contributed by atoms with E-state index in [-0.39, 0.29) is 0 Å². The summed E-state index contributed by atoms with van der Waals surface area (Å²) in [4.78, 5) is 0. The number of halogens is 1. The Bertz CT molecular complexity index is 386. The van der Waals surface area contributed by atoms with Gasteiger partial charge in [-0.1, -0.05) is 24.6 Å². The van der Waals surface area contributed by atoms with Gasteiger partial charge < -0.3 is 11.5 Å². The highest BCUT2D eigenvalue weighted by Gasteiger charge is 2.18. The molecule has 0 amide bonds. The first kappa shape index (κ1) is 15.5. The standard InChI is InChI=1S/C15H25ClN2/c1-4-13(7-12(8-17)9-18)14-5-10(2)11(3)6-15(14)16/h5-6,12-13H,4,7-9,17-18H2,1-3H3. The van der Waals surface area contributed by atoms with E-state index >= 15 is 0 Å². The Morgan fingerprint density at radius 3 is 2.17 bits per heavy atom. The van der Waals surface area contributed by atoms with Crippen molar-refractivity contribution in [2.75, 3.05) is 13.1 Å². The van der Waals surface area contributed by atoms with Crippen LogP contribution in [0, 0.1) is 19.8 Å². The maximum Gasteiger partial charge on any atom is 0.0443 e. The largest absolute Gasteiger partial charge is 0.330 e. The summed E-state index contributed by atoms with van der Waals surface area (Å²) in [6.45, 7) is 7.71. The molecule has 3 heteroatoms. The summed E-state index contributed by atoms with van der Waals surface area (Å²) in [6.07, 6.45) is 2.09. The van der Waals surface area contributed by atoms with E-state index in [9.17, 15) is 0 Å². The average molecular weight is 269 g/mol. The van der Waals surface area contributed by atoms with Gasteiger partial charge in [-0.15, -0.1) is 0 Å². The normalized spacial score (nSPS) is 13.1. The van der Waals surface area contributed by atoms with E-state index < -0.39 is 0 Å². The van der Waals surface area contributed by atoms with E-state index in [4.69, 9.17) is 23.1 Å².